The number of aliphatic hydroxyl groups excluding tert-OH is 1. The van der Waals surface area contributed by atoms with Crippen LogP contribution in [0.3, 0.4) is 0 Å². The molecule has 7 nitrogen and oxygen atoms in total. The first-order valence-electron chi connectivity index (χ1n) is 7.57. The summed E-state index contributed by atoms with van der Waals surface area (Å²) in [6, 6.07) is -0.342. The molecule has 0 aromatic rings. The Hall–Kier alpha value is -0.830. The first kappa shape index (κ1) is 19.2. The number of amides is 2. The van der Waals surface area contributed by atoms with Crippen LogP contribution in [-0.4, -0.2) is 84.5 Å². The summed E-state index contributed by atoms with van der Waals surface area (Å²) >= 11 is 4.01. The maximum Gasteiger partial charge on any atom is 0.225 e. The lowest BCUT2D eigenvalue weighted by atomic mass is 10.1. The van der Waals surface area contributed by atoms with Crippen LogP contribution in [0.5, 0.6) is 0 Å². The van der Waals surface area contributed by atoms with E-state index in [0.717, 1.165) is 19.6 Å². The maximum absolute atomic E-state index is 12.0. The second-order valence-corrected chi connectivity index (χ2v) is 6.26. The molecule has 22 heavy (non-hydrogen) atoms. The van der Waals surface area contributed by atoms with Crippen molar-refractivity contribution in [2.75, 3.05) is 39.6 Å². The summed E-state index contributed by atoms with van der Waals surface area (Å²) in [5.74, 6) is -0.0128. The highest BCUT2D eigenvalue weighted by molar-refractivity contribution is 7.80. The minimum Gasteiger partial charge on any atom is -0.390 e. The third kappa shape index (κ3) is 6.51. The van der Waals surface area contributed by atoms with Crippen molar-refractivity contribution in [2.24, 2.45) is 0 Å². The van der Waals surface area contributed by atoms with Crippen molar-refractivity contribution in [2.45, 2.75) is 38.0 Å². The van der Waals surface area contributed by atoms with E-state index in [1.165, 1.54) is 4.90 Å². The van der Waals surface area contributed by atoms with Crippen LogP contribution < -0.4 is 10.6 Å². The van der Waals surface area contributed by atoms with Gasteiger partial charge in [0.05, 0.1) is 24.4 Å². The third-order valence-corrected chi connectivity index (χ3v) is 4.30. The first-order chi connectivity index (χ1) is 10.3. The van der Waals surface area contributed by atoms with Crippen molar-refractivity contribution in [3.05, 3.63) is 0 Å². The highest BCUT2D eigenvalue weighted by Crippen LogP contribution is 2.05. The highest BCUT2D eigenvalue weighted by atomic mass is 32.1. The minimum atomic E-state index is -0.902. The summed E-state index contributed by atoms with van der Waals surface area (Å²) in [6.07, 6.45) is -0.560. The van der Waals surface area contributed by atoms with Gasteiger partial charge in [-0.2, -0.15) is 12.6 Å². The summed E-state index contributed by atoms with van der Waals surface area (Å²) in [4.78, 5) is 27.3. The van der Waals surface area contributed by atoms with Crippen molar-refractivity contribution in [1.82, 2.24) is 20.4 Å². The molecular formula is C14H28N4O3S. The van der Waals surface area contributed by atoms with Gasteiger partial charge in [-0.25, -0.2) is 0 Å². The van der Waals surface area contributed by atoms with E-state index in [4.69, 9.17) is 0 Å². The molecule has 0 aliphatic carbocycles. The molecule has 1 rings (SSSR count). The number of aliphatic hydroxyl groups is 1. The lowest BCUT2D eigenvalue weighted by Crippen LogP contribution is -2.52. The van der Waals surface area contributed by atoms with Crippen molar-refractivity contribution in [1.29, 1.82) is 0 Å². The fourth-order valence-electron chi connectivity index (χ4n) is 2.35. The van der Waals surface area contributed by atoms with Gasteiger partial charge in [-0.15, -0.1) is 0 Å². The van der Waals surface area contributed by atoms with E-state index in [2.05, 4.69) is 28.2 Å². The number of nitrogens with one attached hydrogen (secondary N) is 2. The molecule has 0 aromatic heterocycles. The fourth-order valence-corrected chi connectivity index (χ4v) is 2.51. The van der Waals surface area contributed by atoms with Crippen LogP contribution in [-0.2, 0) is 9.59 Å². The van der Waals surface area contributed by atoms with Gasteiger partial charge in [-0.05, 0) is 14.0 Å². The zero-order valence-electron chi connectivity index (χ0n) is 13.6. The average molecular weight is 332 g/mol. The Kier molecular flexibility index (Phi) is 8.16. The van der Waals surface area contributed by atoms with Crippen LogP contribution in [0.25, 0.3) is 0 Å². The van der Waals surface area contributed by atoms with E-state index in [9.17, 15) is 14.7 Å². The smallest absolute Gasteiger partial charge is 0.225 e. The standard InChI is InChI=1S/C14H28N4O3S/c1-10(12(19)7-14(21)18(3)9-22)16-13(20)6-11-8-17(2)5-4-15-11/h10-12,15,19,22H,4-9H2,1-3H3,(H,16,20). The molecular weight excluding hydrogens is 304 g/mol. The fraction of sp³-hybridized carbons (Fsp3) is 0.857. The van der Waals surface area contributed by atoms with Crippen LogP contribution in [0.1, 0.15) is 19.8 Å². The Labute approximate surface area is 137 Å². The second-order valence-electron chi connectivity index (χ2n) is 5.98. The molecule has 1 fully saturated rings. The number of hydrogen-bond donors (Lipinski definition) is 4. The Morgan fingerprint density at radius 3 is 2.82 bits per heavy atom. The van der Waals surface area contributed by atoms with Crippen molar-refractivity contribution < 1.29 is 14.7 Å². The first-order valence-corrected chi connectivity index (χ1v) is 8.21. The molecule has 8 heteroatoms. The highest BCUT2D eigenvalue weighted by Gasteiger charge is 2.24. The van der Waals surface area contributed by atoms with Gasteiger partial charge in [0.1, 0.15) is 0 Å². The molecule has 2 amide bonds. The van der Waals surface area contributed by atoms with Gasteiger partial charge in [0.2, 0.25) is 11.8 Å². The van der Waals surface area contributed by atoms with Crippen LogP contribution in [0.2, 0.25) is 0 Å². The molecule has 0 saturated carbocycles. The number of carbonyl (C=O) groups is 2. The normalized spacial score (nSPS) is 22.0. The van der Waals surface area contributed by atoms with Crippen molar-refractivity contribution in [3.63, 3.8) is 0 Å². The number of rotatable bonds is 7. The van der Waals surface area contributed by atoms with Gasteiger partial charge >= 0.3 is 0 Å². The molecule has 128 valence electrons. The zero-order chi connectivity index (χ0) is 16.7. The van der Waals surface area contributed by atoms with E-state index in [1.54, 1.807) is 14.0 Å². The zero-order valence-corrected chi connectivity index (χ0v) is 14.5. The number of piperazine rings is 1. The molecule has 0 spiro atoms. The van der Waals surface area contributed by atoms with Gasteiger partial charge in [0, 0.05) is 39.1 Å². The minimum absolute atomic E-state index is 0.0249. The summed E-state index contributed by atoms with van der Waals surface area (Å²) in [5.41, 5.74) is 0. The Morgan fingerprint density at radius 1 is 1.55 bits per heavy atom. The van der Waals surface area contributed by atoms with Crippen LogP contribution in [0.4, 0.5) is 0 Å². The Morgan fingerprint density at radius 2 is 2.23 bits per heavy atom. The number of carbonyl (C=O) groups excluding carboxylic acids is 2. The average Bonchev–Trinajstić information content (AvgIpc) is 2.45. The lowest BCUT2D eigenvalue weighted by Gasteiger charge is -2.31. The molecule has 1 heterocycles. The van der Waals surface area contributed by atoms with E-state index < -0.39 is 12.1 Å². The Bertz CT molecular complexity index is 383. The monoisotopic (exact) mass is 332 g/mol. The molecule has 3 unspecified atom stereocenters. The number of likely N-dealkylation sites (N-methyl/N-ethyl adjacent to an activating group) is 1. The SMILES string of the molecule is CC(NC(=O)CC1CN(C)CCN1)C(O)CC(=O)N(C)CS. The summed E-state index contributed by atoms with van der Waals surface area (Å²) in [7, 11) is 3.65. The molecule has 1 aliphatic rings. The summed E-state index contributed by atoms with van der Waals surface area (Å²) in [6.45, 7) is 4.39. The van der Waals surface area contributed by atoms with Gasteiger partial charge in [0.25, 0.3) is 0 Å². The van der Waals surface area contributed by atoms with Gasteiger partial charge in [0.15, 0.2) is 0 Å². The summed E-state index contributed by atoms with van der Waals surface area (Å²) in [5, 5.41) is 16.1. The van der Waals surface area contributed by atoms with E-state index in [-0.39, 0.29) is 24.3 Å². The van der Waals surface area contributed by atoms with E-state index in [0.29, 0.717) is 12.3 Å². The number of nitrogens with zero attached hydrogens (tertiary/aromatic N) is 2. The van der Waals surface area contributed by atoms with E-state index >= 15 is 0 Å². The van der Waals surface area contributed by atoms with Crippen molar-refractivity contribution in [3.8, 4) is 0 Å². The predicted octanol–water partition coefficient (Wildman–Crippen LogP) is -1.12. The predicted molar refractivity (Wildman–Crippen MR) is 88.8 cm³/mol. The molecule has 0 radical (unpaired) electrons. The largest absolute Gasteiger partial charge is 0.390 e. The molecule has 0 aromatic carbocycles. The second kappa shape index (κ2) is 9.34. The number of thiol groups is 1. The van der Waals surface area contributed by atoms with Crippen LogP contribution >= 0.6 is 12.6 Å². The topological polar surface area (TPSA) is 84.9 Å². The quantitative estimate of drug-likeness (QED) is 0.351. The Balaban J connectivity index is 2.34. The van der Waals surface area contributed by atoms with Gasteiger partial charge in [-0.1, -0.05) is 0 Å². The number of hydrogen-bond acceptors (Lipinski definition) is 6. The summed E-state index contributed by atoms with van der Waals surface area (Å²) < 4.78 is 0. The van der Waals surface area contributed by atoms with Gasteiger partial charge < -0.3 is 25.5 Å². The molecule has 1 saturated heterocycles. The molecule has 1 aliphatic heterocycles. The van der Waals surface area contributed by atoms with Gasteiger partial charge in [-0.3, -0.25) is 9.59 Å². The third-order valence-electron chi connectivity index (χ3n) is 3.88. The van der Waals surface area contributed by atoms with Crippen LogP contribution in [0.15, 0.2) is 0 Å². The van der Waals surface area contributed by atoms with Crippen molar-refractivity contribution >= 4 is 24.4 Å². The molecule has 0 bridgehead atoms. The van der Waals surface area contributed by atoms with Crippen LogP contribution in [0, 0.1) is 0 Å². The molecule has 3 N–H and O–H groups in total. The van der Waals surface area contributed by atoms with E-state index in [1.807, 2.05) is 7.05 Å². The lowest BCUT2D eigenvalue weighted by molar-refractivity contribution is -0.132. The molecule has 3 atom stereocenters. The maximum atomic E-state index is 12.0.